The van der Waals surface area contributed by atoms with E-state index in [-0.39, 0.29) is 16.8 Å². The molecule has 0 radical (unpaired) electrons. The summed E-state index contributed by atoms with van der Waals surface area (Å²) in [6.07, 6.45) is 0.924. The summed E-state index contributed by atoms with van der Waals surface area (Å²) in [4.78, 5) is 11.9. The Balaban J connectivity index is 0.000000313. The van der Waals surface area contributed by atoms with Crippen LogP contribution in [0.2, 0.25) is 0 Å². The normalized spacial score (nSPS) is 23.8. The maximum atomic E-state index is 13.2. The van der Waals surface area contributed by atoms with Gasteiger partial charge in [-0.15, -0.1) is 0 Å². The number of sulfonamides is 1. The van der Waals surface area contributed by atoms with E-state index in [1.165, 1.54) is 6.92 Å². The highest BCUT2D eigenvalue weighted by atomic mass is 32.2. The minimum Gasteiger partial charge on any atom is -0.379 e. The summed E-state index contributed by atoms with van der Waals surface area (Å²) in [6, 6.07) is 11.0. The number of amides is 1. The molecule has 2 unspecified atom stereocenters. The summed E-state index contributed by atoms with van der Waals surface area (Å²) in [5.41, 5.74) is 0.385. The lowest BCUT2D eigenvalue weighted by molar-refractivity contribution is -0.114. The lowest BCUT2D eigenvalue weighted by Gasteiger charge is -2.27. The van der Waals surface area contributed by atoms with Gasteiger partial charge in [0.05, 0.1) is 18.9 Å². The van der Waals surface area contributed by atoms with Gasteiger partial charge in [-0.25, -0.2) is 8.42 Å². The van der Waals surface area contributed by atoms with E-state index in [1.807, 2.05) is 36.0 Å². The average Bonchev–Trinajstić information content (AvgIpc) is 3.39. The van der Waals surface area contributed by atoms with E-state index in [4.69, 9.17) is 4.74 Å². The number of benzene rings is 2. The Morgan fingerprint density at radius 3 is 2.53 bits per heavy atom. The van der Waals surface area contributed by atoms with Crippen LogP contribution >= 0.6 is 11.8 Å². The predicted molar refractivity (Wildman–Crippen MR) is 120 cm³/mol. The molecular formula is C21H27N3O4S2. The summed E-state index contributed by atoms with van der Waals surface area (Å²) >= 11 is 1.85. The molecule has 3 fully saturated rings. The lowest BCUT2D eigenvalue weighted by atomic mass is 10.1. The van der Waals surface area contributed by atoms with Crippen molar-refractivity contribution in [1.29, 1.82) is 0 Å². The highest BCUT2D eigenvalue weighted by Gasteiger charge is 2.45. The number of carbonyl (C=O) groups is 1. The molecule has 2 aromatic carbocycles. The van der Waals surface area contributed by atoms with Crippen molar-refractivity contribution in [3.05, 3.63) is 36.4 Å². The molecule has 3 aliphatic heterocycles. The average molecular weight is 450 g/mol. The maximum absolute atomic E-state index is 13.2. The Bertz CT molecular complexity index is 1010. The first-order valence-electron chi connectivity index (χ1n) is 10.2. The van der Waals surface area contributed by atoms with Gasteiger partial charge in [-0.2, -0.15) is 16.1 Å². The molecule has 162 valence electrons. The van der Waals surface area contributed by atoms with E-state index in [0.717, 1.165) is 49.2 Å². The summed E-state index contributed by atoms with van der Waals surface area (Å²) in [7, 11) is -3.63. The Morgan fingerprint density at radius 2 is 1.97 bits per heavy atom. The molecule has 7 nitrogen and oxygen atoms in total. The van der Waals surface area contributed by atoms with Crippen LogP contribution in [0.1, 0.15) is 13.3 Å². The largest absolute Gasteiger partial charge is 0.379 e. The third-order valence-corrected chi connectivity index (χ3v) is 8.83. The number of thioether (sulfide) groups is 1. The molecule has 2 aromatic rings. The van der Waals surface area contributed by atoms with Gasteiger partial charge in [0, 0.05) is 49.0 Å². The Labute approximate surface area is 181 Å². The van der Waals surface area contributed by atoms with Gasteiger partial charge in [0.15, 0.2) is 0 Å². The molecule has 1 amide bonds. The van der Waals surface area contributed by atoms with Crippen molar-refractivity contribution in [3.63, 3.8) is 0 Å². The number of nitrogens with zero attached hydrogens (tertiary/aromatic N) is 1. The summed E-state index contributed by atoms with van der Waals surface area (Å²) in [5.74, 6) is 0.578. The first-order valence-corrected chi connectivity index (χ1v) is 12.7. The van der Waals surface area contributed by atoms with Gasteiger partial charge in [-0.1, -0.05) is 30.3 Å². The van der Waals surface area contributed by atoms with Crippen LogP contribution in [0.15, 0.2) is 41.3 Å². The highest BCUT2D eigenvalue weighted by molar-refractivity contribution is 8.00. The second-order valence-electron chi connectivity index (χ2n) is 7.62. The molecule has 30 heavy (non-hydrogen) atoms. The quantitative estimate of drug-likeness (QED) is 0.748. The molecular weight excluding hydrogens is 422 g/mol. The topological polar surface area (TPSA) is 87.7 Å². The second-order valence-corrected chi connectivity index (χ2v) is 10.8. The van der Waals surface area contributed by atoms with Crippen LogP contribution in [-0.2, 0) is 19.6 Å². The van der Waals surface area contributed by atoms with Crippen molar-refractivity contribution >= 4 is 44.2 Å². The van der Waals surface area contributed by atoms with Crippen LogP contribution in [0, 0.1) is 0 Å². The number of fused-ring (bicyclic) bond motifs is 3. The minimum absolute atomic E-state index is 0.0710. The molecule has 9 heteroatoms. The molecule has 0 aliphatic carbocycles. The van der Waals surface area contributed by atoms with Crippen molar-refractivity contribution in [3.8, 4) is 0 Å². The zero-order valence-corrected chi connectivity index (χ0v) is 18.6. The summed E-state index contributed by atoms with van der Waals surface area (Å²) in [5, 5.41) is 7.94. The van der Waals surface area contributed by atoms with Crippen LogP contribution < -0.4 is 10.6 Å². The zero-order valence-electron chi connectivity index (χ0n) is 17.0. The number of rotatable bonds is 3. The molecule has 2 atom stereocenters. The van der Waals surface area contributed by atoms with Gasteiger partial charge in [-0.05, 0) is 17.9 Å². The van der Waals surface area contributed by atoms with Crippen molar-refractivity contribution in [1.82, 2.24) is 9.62 Å². The van der Waals surface area contributed by atoms with Gasteiger partial charge in [0.1, 0.15) is 4.90 Å². The van der Waals surface area contributed by atoms with E-state index in [2.05, 4.69) is 10.6 Å². The highest BCUT2D eigenvalue weighted by Crippen LogP contribution is 2.42. The van der Waals surface area contributed by atoms with Crippen LogP contribution in [0.3, 0.4) is 0 Å². The Kier molecular flexibility index (Phi) is 6.64. The smallest absolute Gasteiger partial charge is 0.245 e. The number of hydrogen-bond acceptors (Lipinski definition) is 6. The molecule has 0 aromatic heterocycles. The minimum atomic E-state index is -3.63. The van der Waals surface area contributed by atoms with Crippen molar-refractivity contribution < 1.29 is 17.9 Å². The second kappa shape index (κ2) is 9.23. The molecule has 2 N–H and O–H groups in total. The van der Waals surface area contributed by atoms with Gasteiger partial charge in [0.25, 0.3) is 0 Å². The molecule has 3 saturated heterocycles. The number of morpholine rings is 1. The fourth-order valence-corrected chi connectivity index (χ4v) is 7.54. The van der Waals surface area contributed by atoms with Crippen LogP contribution in [-0.4, -0.2) is 68.5 Å². The van der Waals surface area contributed by atoms with Crippen molar-refractivity contribution in [2.75, 3.05) is 43.9 Å². The van der Waals surface area contributed by atoms with E-state index >= 15 is 0 Å². The third kappa shape index (κ3) is 4.50. The number of ether oxygens (including phenoxy) is 1. The number of nitrogens with one attached hydrogen (secondary N) is 2. The monoisotopic (exact) mass is 449 g/mol. The number of anilines is 1. The van der Waals surface area contributed by atoms with Gasteiger partial charge in [-0.3, -0.25) is 4.79 Å². The predicted octanol–water partition coefficient (Wildman–Crippen LogP) is 2.28. The van der Waals surface area contributed by atoms with E-state index in [0.29, 0.717) is 17.5 Å². The van der Waals surface area contributed by atoms with E-state index in [9.17, 15) is 13.2 Å². The molecule has 0 saturated carbocycles. The third-order valence-electron chi connectivity index (χ3n) is 5.47. The Morgan fingerprint density at radius 1 is 1.20 bits per heavy atom. The SMILES string of the molecule is C1COCCN1.CC(=O)Nc1c(S(=O)(=O)N2CC3CC2CS3)ccc2ccccc12. The fourth-order valence-electron chi connectivity index (χ4n) is 4.07. The first-order chi connectivity index (χ1) is 14.5. The molecule has 3 heterocycles. The van der Waals surface area contributed by atoms with E-state index in [1.54, 1.807) is 16.4 Å². The zero-order chi connectivity index (χ0) is 21.1. The first kappa shape index (κ1) is 21.6. The fraction of sp³-hybridized carbons (Fsp3) is 0.476. The van der Waals surface area contributed by atoms with Crippen LogP contribution in [0.25, 0.3) is 10.8 Å². The standard InChI is InChI=1S/C17H18N2O3S2.C4H9NO/c1-11(20)18-17-15-5-3-2-4-12(15)6-7-16(17)24(21,22)19-9-14-8-13(19)10-23-14;1-3-6-4-2-5-1/h2-7,13-14H,8-10H2,1H3,(H,18,20);5H,1-4H2. The molecule has 5 rings (SSSR count). The summed E-state index contributed by atoms with van der Waals surface area (Å²) < 4.78 is 33.1. The van der Waals surface area contributed by atoms with Gasteiger partial charge in [0.2, 0.25) is 15.9 Å². The molecule has 2 bridgehead atoms. The van der Waals surface area contributed by atoms with Gasteiger partial charge >= 0.3 is 0 Å². The van der Waals surface area contributed by atoms with E-state index < -0.39 is 10.0 Å². The molecule has 0 spiro atoms. The Hall–Kier alpha value is -1.65. The van der Waals surface area contributed by atoms with Gasteiger partial charge < -0.3 is 15.4 Å². The maximum Gasteiger partial charge on any atom is 0.245 e. The summed E-state index contributed by atoms with van der Waals surface area (Å²) in [6.45, 7) is 5.79. The molecule has 3 aliphatic rings. The number of hydrogen-bond donors (Lipinski definition) is 2. The van der Waals surface area contributed by atoms with Crippen molar-refractivity contribution in [2.24, 2.45) is 0 Å². The van der Waals surface area contributed by atoms with Crippen molar-refractivity contribution in [2.45, 2.75) is 29.5 Å². The lowest BCUT2D eigenvalue weighted by Crippen LogP contribution is -2.39. The number of carbonyl (C=O) groups excluding carboxylic acids is 1. The van der Waals surface area contributed by atoms with Crippen LogP contribution in [0.5, 0.6) is 0 Å². The van der Waals surface area contributed by atoms with Crippen LogP contribution in [0.4, 0.5) is 5.69 Å².